The monoisotopic (exact) mass is 230 g/mol. The van der Waals surface area contributed by atoms with Crippen molar-refractivity contribution in [1.82, 2.24) is 0 Å². The minimum atomic E-state index is -0.348. The van der Waals surface area contributed by atoms with Gasteiger partial charge in [-0.25, -0.2) is 4.79 Å². The van der Waals surface area contributed by atoms with Gasteiger partial charge in [-0.05, 0) is 19.9 Å². The van der Waals surface area contributed by atoms with Crippen LogP contribution < -0.4 is 9.64 Å². The zero-order valence-corrected chi connectivity index (χ0v) is 10.2. The van der Waals surface area contributed by atoms with Crippen LogP contribution in [0.1, 0.15) is 19.4 Å². The summed E-state index contributed by atoms with van der Waals surface area (Å²) >= 11 is 0. The minimum Gasteiger partial charge on any atom is -0.399 e. The Labute approximate surface area is 102 Å². The van der Waals surface area contributed by atoms with Crippen molar-refractivity contribution < 1.29 is 9.53 Å². The van der Waals surface area contributed by atoms with Gasteiger partial charge in [-0.2, -0.15) is 0 Å². The zero-order valence-electron chi connectivity index (χ0n) is 10.2. The fourth-order valence-corrected chi connectivity index (χ4v) is 2.00. The molecule has 0 saturated heterocycles. The van der Waals surface area contributed by atoms with E-state index in [9.17, 15) is 4.79 Å². The standard InChI is InChI=1S/C14H16NO2/c1-4-15(5-2)11-6-7-12-10(3)8-14(16)17-13(12)9-11/h6-9H,3-5H2,1-2H3/q+1. The van der Waals surface area contributed by atoms with Crippen molar-refractivity contribution in [2.75, 3.05) is 18.0 Å². The number of carbonyl (C=O) groups is 1. The van der Waals surface area contributed by atoms with Crippen LogP contribution in [-0.2, 0) is 4.79 Å². The highest BCUT2D eigenvalue weighted by Gasteiger charge is 2.28. The van der Waals surface area contributed by atoms with Crippen LogP contribution in [0.2, 0.25) is 0 Å². The molecule has 0 unspecified atom stereocenters. The highest BCUT2D eigenvalue weighted by molar-refractivity contribution is 6.01. The quantitative estimate of drug-likeness (QED) is 0.454. The first-order valence-electron chi connectivity index (χ1n) is 5.80. The van der Waals surface area contributed by atoms with E-state index in [2.05, 4.69) is 25.3 Å². The van der Waals surface area contributed by atoms with Crippen LogP contribution in [0.5, 0.6) is 5.75 Å². The molecule has 1 heterocycles. The van der Waals surface area contributed by atoms with E-state index in [0.717, 1.165) is 24.3 Å². The average molecular weight is 230 g/mol. The smallest absolute Gasteiger partial charge is 0.395 e. The van der Waals surface area contributed by atoms with Crippen molar-refractivity contribution in [3.05, 3.63) is 36.8 Å². The number of ether oxygens (including phenoxy) is 1. The van der Waals surface area contributed by atoms with Crippen LogP contribution >= 0.6 is 0 Å². The molecule has 0 bridgehead atoms. The van der Waals surface area contributed by atoms with Crippen LogP contribution in [0.3, 0.4) is 0 Å². The van der Waals surface area contributed by atoms with Crippen LogP contribution in [0.25, 0.3) is 5.57 Å². The third kappa shape index (κ3) is 2.13. The summed E-state index contributed by atoms with van der Waals surface area (Å²) in [7, 11) is 0. The number of rotatable bonds is 3. The summed E-state index contributed by atoms with van der Waals surface area (Å²) < 4.78 is 5.20. The lowest BCUT2D eigenvalue weighted by Gasteiger charge is -2.22. The molecule has 0 N–H and O–H groups in total. The maximum absolute atomic E-state index is 11.3. The normalized spacial score (nSPS) is 13.8. The topological polar surface area (TPSA) is 29.5 Å². The van der Waals surface area contributed by atoms with E-state index >= 15 is 0 Å². The SMILES string of the molecule is C=C1[CH+]C(=O)Oc2cc(N(CC)CC)ccc21. The molecule has 1 aromatic carbocycles. The number of anilines is 1. The molecule has 1 aliphatic heterocycles. The Hall–Kier alpha value is -1.90. The molecular weight excluding hydrogens is 214 g/mol. The van der Waals surface area contributed by atoms with Crippen LogP contribution in [0, 0.1) is 6.42 Å². The van der Waals surface area contributed by atoms with E-state index in [4.69, 9.17) is 4.74 Å². The Kier molecular flexibility index (Phi) is 3.09. The van der Waals surface area contributed by atoms with Gasteiger partial charge in [0.05, 0.1) is 0 Å². The summed E-state index contributed by atoms with van der Waals surface area (Å²) in [4.78, 5) is 13.5. The molecule has 0 spiro atoms. The highest BCUT2D eigenvalue weighted by Crippen LogP contribution is 2.34. The molecular formula is C14H16NO2+. The Balaban J connectivity index is 2.39. The zero-order chi connectivity index (χ0) is 12.4. The van der Waals surface area contributed by atoms with Crippen molar-refractivity contribution in [3.63, 3.8) is 0 Å². The second-order valence-electron chi connectivity index (χ2n) is 3.94. The fourth-order valence-electron chi connectivity index (χ4n) is 2.00. The lowest BCUT2D eigenvalue weighted by Crippen LogP contribution is -2.22. The number of benzene rings is 1. The Bertz CT molecular complexity index is 461. The van der Waals surface area contributed by atoms with E-state index in [1.54, 1.807) is 0 Å². The van der Waals surface area contributed by atoms with Crippen molar-refractivity contribution >= 4 is 17.2 Å². The molecule has 0 fully saturated rings. The van der Waals surface area contributed by atoms with Crippen LogP contribution in [0.15, 0.2) is 24.8 Å². The van der Waals surface area contributed by atoms with E-state index in [-0.39, 0.29) is 5.97 Å². The maximum Gasteiger partial charge on any atom is 0.395 e. The number of carbonyl (C=O) groups excluding carboxylic acids is 1. The van der Waals surface area contributed by atoms with Gasteiger partial charge in [0, 0.05) is 37.5 Å². The fraction of sp³-hybridized carbons (Fsp3) is 0.286. The molecule has 0 aromatic heterocycles. The predicted octanol–water partition coefficient (Wildman–Crippen LogP) is 2.67. The second kappa shape index (κ2) is 4.53. The number of hydrogen-bond acceptors (Lipinski definition) is 3. The Morgan fingerprint density at radius 3 is 2.71 bits per heavy atom. The van der Waals surface area contributed by atoms with E-state index < -0.39 is 0 Å². The first-order chi connectivity index (χ1) is 8.15. The molecule has 0 aliphatic carbocycles. The molecule has 1 aliphatic rings. The maximum atomic E-state index is 11.3. The largest absolute Gasteiger partial charge is 0.399 e. The van der Waals surface area contributed by atoms with Gasteiger partial charge in [0.25, 0.3) is 0 Å². The van der Waals surface area contributed by atoms with Crippen molar-refractivity contribution in [1.29, 1.82) is 0 Å². The van der Waals surface area contributed by atoms with Gasteiger partial charge in [-0.3, -0.25) is 0 Å². The van der Waals surface area contributed by atoms with Gasteiger partial charge < -0.3 is 9.64 Å². The molecule has 0 amide bonds. The molecule has 2 rings (SSSR count). The molecule has 0 radical (unpaired) electrons. The van der Waals surface area contributed by atoms with Gasteiger partial charge in [0.15, 0.2) is 5.75 Å². The lowest BCUT2D eigenvalue weighted by molar-refractivity contribution is -0.130. The number of esters is 1. The average Bonchev–Trinajstić information content (AvgIpc) is 2.30. The van der Waals surface area contributed by atoms with Gasteiger partial charge >= 0.3 is 5.97 Å². The molecule has 3 heteroatoms. The third-order valence-corrected chi connectivity index (χ3v) is 2.94. The van der Waals surface area contributed by atoms with E-state index in [1.165, 1.54) is 6.42 Å². The van der Waals surface area contributed by atoms with Crippen LogP contribution in [0.4, 0.5) is 5.69 Å². The number of fused-ring (bicyclic) bond motifs is 1. The summed E-state index contributed by atoms with van der Waals surface area (Å²) in [6, 6.07) is 5.89. The van der Waals surface area contributed by atoms with Crippen LogP contribution in [-0.4, -0.2) is 19.1 Å². The van der Waals surface area contributed by atoms with E-state index in [0.29, 0.717) is 11.3 Å². The first kappa shape index (κ1) is 11.6. The molecule has 0 saturated carbocycles. The predicted molar refractivity (Wildman–Crippen MR) is 69.0 cm³/mol. The van der Waals surface area contributed by atoms with Crippen molar-refractivity contribution in [2.24, 2.45) is 0 Å². The number of hydrogen-bond donors (Lipinski definition) is 0. The van der Waals surface area contributed by atoms with Gasteiger partial charge in [0.2, 0.25) is 0 Å². The molecule has 0 atom stereocenters. The van der Waals surface area contributed by atoms with Crippen molar-refractivity contribution in [2.45, 2.75) is 13.8 Å². The molecule has 88 valence electrons. The Morgan fingerprint density at radius 1 is 1.35 bits per heavy atom. The molecule has 1 aromatic rings. The highest BCUT2D eigenvalue weighted by atomic mass is 16.5. The summed E-state index contributed by atoms with van der Waals surface area (Å²) in [5, 5.41) is 0. The van der Waals surface area contributed by atoms with Gasteiger partial charge in [0.1, 0.15) is 17.6 Å². The summed E-state index contributed by atoms with van der Waals surface area (Å²) in [5.74, 6) is 0.256. The molecule has 3 nitrogen and oxygen atoms in total. The third-order valence-electron chi connectivity index (χ3n) is 2.94. The lowest BCUT2D eigenvalue weighted by atomic mass is 10.0. The van der Waals surface area contributed by atoms with Crippen molar-refractivity contribution in [3.8, 4) is 5.75 Å². The summed E-state index contributed by atoms with van der Waals surface area (Å²) in [6.45, 7) is 9.90. The second-order valence-corrected chi connectivity index (χ2v) is 3.94. The number of nitrogens with zero attached hydrogens (tertiary/aromatic N) is 1. The Morgan fingerprint density at radius 2 is 2.06 bits per heavy atom. The van der Waals surface area contributed by atoms with Gasteiger partial charge in [-0.15, -0.1) is 0 Å². The minimum absolute atomic E-state index is 0.348. The molecule has 17 heavy (non-hydrogen) atoms. The first-order valence-corrected chi connectivity index (χ1v) is 5.80. The van der Waals surface area contributed by atoms with Gasteiger partial charge in [-0.1, -0.05) is 0 Å². The summed E-state index contributed by atoms with van der Waals surface area (Å²) in [5.41, 5.74) is 2.67. The van der Waals surface area contributed by atoms with E-state index in [1.807, 2.05) is 18.2 Å². The summed E-state index contributed by atoms with van der Waals surface area (Å²) in [6.07, 6.45) is 1.42.